The van der Waals surface area contributed by atoms with Gasteiger partial charge in [0.15, 0.2) is 23.6 Å². The summed E-state index contributed by atoms with van der Waals surface area (Å²) in [6.07, 6.45) is 0.430. The summed E-state index contributed by atoms with van der Waals surface area (Å²) in [6.45, 7) is 9.06. The Morgan fingerprint density at radius 1 is 1.06 bits per heavy atom. The summed E-state index contributed by atoms with van der Waals surface area (Å²) in [7, 11) is 0. The van der Waals surface area contributed by atoms with Crippen LogP contribution in [0.4, 0.5) is 13.2 Å². The van der Waals surface area contributed by atoms with Crippen molar-refractivity contribution in [1.82, 2.24) is 9.55 Å². The van der Waals surface area contributed by atoms with Gasteiger partial charge in [0.2, 0.25) is 0 Å². The van der Waals surface area contributed by atoms with Gasteiger partial charge in [0.25, 0.3) is 0 Å². The van der Waals surface area contributed by atoms with E-state index in [-0.39, 0.29) is 12.1 Å². The lowest BCUT2D eigenvalue weighted by atomic mass is 9.92. The fourth-order valence-electron chi connectivity index (χ4n) is 4.29. The maximum Gasteiger partial charge on any atom is 0.337 e. The number of aromatic nitrogens is 2. The minimum Gasteiger partial charge on any atom is -0.479 e. The summed E-state index contributed by atoms with van der Waals surface area (Å²) in [6, 6.07) is 11.4. The van der Waals surface area contributed by atoms with Gasteiger partial charge in [-0.15, -0.1) is 0 Å². The van der Waals surface area contributed by atoms with Crippen molar-refractivity contribution in [1.29, 1.82) is 0 Å². The number of pyridine rings is 1. The highest BCUT2D eigenvalue weighted by Crippen LogP contribution is 2.40. The first-order valence-electron chi connectivity index (χ1n) is 11.5. The van der Waals surface area contributed by atoms with Crippen LogP contribution in [0.1, 0.15) is 49.3 Å². The highest BCUT2D eigenvalue weighted by atomic mass is 19.2. The molecule has 0 spiro atoms. The van der Waals surface area contributed by atoms with Crippen molar-refractivity contribution in [3.05, 3.63) is 88.5 Å². The van der Waals surface area contributed by atoms with E-state index in [9.17, 15) is 23.1 Å². The lowest BCUT2D eigenvalue weighted by molar-refractivity contribution is -0.160. The molecule has 0 saturated carbocycles. The van der Waals surface area contributed by atoms with Gasteiger partial charge in [-0.1, -0.05) is 29.8 Å². The van der Waals surface area contributed by atoms with Crippen LogP contribution < -0.4 is 0 Å². The van der Waals surface area contributed by atoms with E-state index in [4.69, 9.17) is 4.74 Å². The second kappa shape index (κ2) is 9.43. The quantitative estimate of drug-likeness (QED) is 0.301. The smallest absolute Gasteiger partial charge is 0.337 e. The molecule has 8 heteroatoms. The number of hydrogen-bond donors (Lipinski definition) is 1. The Hall–Kier alpha value is -3.65. The zero-order chi connectivity index (χ0) is 26.4. The number of benzene rings is 2. The summed E-state index contributed by atoms with van der Waals surface area (Å²) < 4.78 is 48.7. The van der Waals surface area contributed by atoms with E-state index in [0.717, 1.165) is 23.3 Å². The summed E-state index contributed by atoms with van der Waals surface area (Å²) in [5.74, 6) is -5.19. The molecule has 0 aliphatic carbocycles. The third-order valence-corrected chi connectivity index (χ3v) is 5.83. The number of carbonyl (C=O) groups is 1. The largest absolute Gasteiger partial charge is 0.479 e. The van der Waals surface area contributed by atoms with Gasteiger partial charge in [0, 0.05) is 34.9 Å². The number of nitrogens with zero attached hydrogens (tertiary/aromatic N) is 2. The summed E-state index contributed by atoms with van der Waals surface area (Å²) in [5.41, 5.74) is 3.35. The van der Waals surface area contributed by atoms with E-state index < -0.39 is 35.1 Å². The van der Waals surface area contributed by atoms with E-state index in [1.165, 1.54) is 0 Å². The van der Waals surface area contributed by atoms with Gasteiger partial charge in [-0.3, -0.25) is 0 Å². The van der Waals surface area contributed by atoms with Gasteiger partial charge >= 0.3 is 5.97 Å². The van der Waals surface area contributed by atoms with E-state index >= 15 is 0 Å². The third-order valence-electron chi connectivity index (χ3n) is 5.83. The zero-order valence-electron chi connectivity index (χ0n) is 20.7. The predicted molar refractivity (Wildman–Crippen MR) is 131 cm³/mol. The fourth-order valence-corrected chi connectivity index (χ4v) is 4.29. The maximum atomic E-state index is 13.8. The van der Waals surface area contributed by atoms with Crippen molar-refractivity contribution in [2.75, 3.05) is 0 Å². The first-order chi connectivity index (χ1) is 16.9. The molecule has 0 fully saturated rings. The second-order valence-corrected chi connectivity index (χ2v) is 9.85. The lowest BCUT2D eigenvalue weighted by Crippen LogP contribution is -2.28. The van der Waals surface area contributed by atoms with Crippen LogP contribution in [0, 0.1) is 31.3 Å². The molecule has 0 aliphatic heterocycles. The number of ether oxygens (including phenoxy) is 1. The number of fused-ring (bicyclic) bond motifs is 1. The molecule has 1 atom stereocenters. The molecule has 4 aromatic rings. The van der Waals surface area contributed by atoms with Crippen LogP contribution in [0.15, 0.2) is 48.7 Å². The number of carboxylic acids is 1. The standard InChI is InChI=1S/C28H27F3N2O3/c1-15-6-8-18(9-7-15)23-19-10-11-33(14-17-12-20(29)24(31)21(30)13-17)26(19)32-16(2)22(23)25(27(34)35)36-28(3,4)5/h6-13,25H,14H2,1-5H3,(H,34,35). The molecule has 0 saturated heterocycles. The molecular formula is C28H27F3N2O3. The van der Waals surface area contributed by atoms with Gasteiger partial charge in [0.1, 0.15) is 5.65 Å². The van der Waals surface area contributed by atoms with Crippen molar-refractivity contribution in [3.8, 4) is 11.1 Å². The summed E-state index contributed by atoms with van der Waals surface area (Å²) in [5, 5.41) is 10.8. The molecule has 0 radical (unpaired) electrons. The molecule has 5 nitrogen and oxygen atoms in total. The molecule has 4 rings (SSSR count). The van der Waals surface area contributed by atoms with E-state index in [0.29, 0.717) is 27.9 Å². The van der Waals surface area contributed by atoms with Crippen LogP contribution in [0.25, 0.3) is 22.2 Å². The van der Waals surface area contributed by atoms with Crippen molar-refractivity contribution < 1.29 is 27.8 Å². The topological polar surface area (TPSA) is 64.3 Å². The van der Waals surface area contributed by atoms with Gasteiger partial charge in [-0.2, -0.15) is 0 Å². The molecular weight excluding hydrogens is 469 g/mol. The molecule has 1 unspecified atom stereocenters. The van der Waals surface area contributed by atoms with Crippen LogP contribution in [0.2, 0.25) is 0 Å². The van der Waals surface area contributed by atoms with Crippen molar-refractivity contribution in [2.45, 2.75) is 52.9 Å². The molecule has 0 bridgehead atoms. The van der Waals surface area contributed by atoms with E-state index in [1.54, 1.807) is 44.5 Å². The van der Waals surface area contributed by atoms with Gasteiger partial charge in [-0.25, -0.2) is 22.9 Å². The second-order valence-electron chi connectivity index (χ2n) is 9.85. The monoisotopic (exact) mass is 496 g/mol. The zero-order valence-corrected chi connectivity index (χ0v) is 20.7. The number of hydrogen-bond acceptors (Lipinski definition) is 3. The number of rotatable bonds is 6. The summed E-state index contributed by atoms with van der Waals surface area (Å²) in [4.78, 5) is 17.1. The molecule has 2 aromatic carbocycles. The van der Waals surface area contributed by atoms with E-state index in [1.807, 2.05) is 31.2 Å². The molecule has 2 aromatic heterocycles. The highest BCUT2D eigenvalue weighted by molar-refractivity contribution is 5.97. The Morgan fingerprint density at radius 2 is 1.67 bits per heavy atom. The van der Waals surface area contributed by atoms with Crippen LogP contribution in [0.3, 0.4) is 0 Å². The minimum absolute atomic E-state index is 0.0393. The third kappa shape index (κ3) is 4.99. The Kier molecular flexibility index (Phi) is 6.66. The van der Waals surface area contributed by atoms with Gasteiger partial charge < -0.3 is 14.4 Å². The van der Waals surface area contributed by atoms with Crippen LogP contribution in [0.5, 0.6) is 0 Å². The molecule has 36 heavy (non-hydrogen) atoms. The Balaban J connectivity index is 1.95. The van der Waals surface area contributed by atoms with Crippen molar-refractivity contribution >= 4 is 17.0 Å². The normalized spacial score (nSPS) is 12.8. The average molecular weight is 497 g/mol. The first kappa shape index (κ1) is 25.4. The SMILES string of the molecule is Cc1ccc(-c2c(C(OC(C)(C)C)C(=O)O)c(C)nc3c2ccn3Cc2cc(F)c(F)c(F)c2)cc1. The Morgan fingerprint density at radius 3 is 2.22 bits per heavy atom. The average Bonchev–Trinajstić information content (AvgIpc) is 3.17. The Labute approximate surface area is 207 Å². The Bertz CT molecular complexity index is 1430. The fraction of sp³-hybridized carbons (Fsp3) is 0.286. The van der Waals surface area contributed by atoms with Gasteiger partial charge in [-0.05, 0) is 63.9 Å². The predicted octanol–water partition coefficient (Wildman–Crippen LogP) is 6.73. The number of aliphatic carboxylic acids is 1. The number of halogens is 3. The maximum absolute atomic E-state index is 13.8. The molecule has 188 valence electrons. The van der Waals surface area contributed by atoms with Crippen LogP contribution in [-0.4, -0.2) is 26.2 Å². The molecule has 2 heterocycles. The van der Waals surface area contributed by atoms with Crippen LogP contribution in [-0.2, 0) is 16.1 Å². The van der Waals surface area contributed by atoms with Crippen molar-refractivity contribution in [2.24, 2.45) is 0 Å². The molecule has 1 N–H and O–H groups in total. The van der Waals surface area contributed by atoms with Crippen LogP contribution >= 0.6 is 0 Å². The minimum atomic E-state index is -1.52. The van der Waals surface area contributed by atoms with E-state index in [2.05, 4.69) is 4.98 Å². The number of aryl methyl sites for hydroxylation is 2. The first-order valence-corrected chi connectivity index (χ1v) is 11.5. The lowest BCUT2D eigenvalue weighted by Gasteiger charge is -2.28. The number of carboxylic acid groups (broad SMARTS) is 1. The molecule has 0 aliphatic rings. The van der Waals surface area contributed by atoms with Gasteiger partial charge in [0.05, 0.1) is 5.60 Å². The van der Waals surface area contributed by atoms with Crippen molar-refractivity contribution in [3.63, 3.8) is 0 Å². The highest BCUT2D eigenvalue weighted by Gasteiger charge is 2.32. The summed E-state index contributed by atoms with van der Waals surface area (Å²) >= 11 is 0. The molecule has 0 amide bonds.